The summed E-state index contributed by atoms with van der Waals surface area (Å²) in [5, 5.41) is 7.62. The topological polar surface area (TPSA) is 64.0 Å². The number of carbonyl (C=O) groups is 1. The van der Waals surface area contributed by atoms with E-state index in [1.54, 1.807) is 6.07 Å². The molecule has 0 unspecified atom stereocenters. The van der Waals surface area contributed by atoms with Gasteiger partial charge in [-0.1, -0.05) is 20.3 Å². The van der Waals surface area contributed by atoms with Gasteiger partial charge in [0.1, 0.15) is 0 Å². The molecule has 1 atom stereocenters. The smallest absolute Gasteiger partial charge is 0.266 e. The van der Waals surface area contributed by atoms with Gasteiger partial charge in [-0.25, -0.2) is 4.68 Å². The standard InChI is InChI=1S/C17H25N3O2/c1-11(2)15(18-17(22)13-4-3-5-13)10-20-16(21)9-8-14(19-20)12-6-7-12/h8-9,11-13,15H,3-7,10H2,1-2H3,(H,18,22)/t15-/m0/s1. The highest BCUT2D eigenvalue weighted by atomic mass is 16.2. The third-order valence-electron chi connectivity index (χ3n) is 4.86. The number of amides is 1. The maximum atomic E-state index is 12.2. The zero-order valence-corrected chi connectivity index (χ0v) is 13.4. The Hall–Kier alpha value is -1.65. The highest BCUT2D eigenvalue weighted by Crippen LogP contribution is 2.38. The Bertz CT molecular complexity index is 600. The second kappa shape index (κ2) is 6.23. The molecule has 1 heterocycles. The first-order valence-corrected chi connectivity index (χ1v) is 8.43. The van der Waals surface area contributed by atoms with E-state index in [0.29, 0.717) is 12.5 Å². The molecule has 1 amide bonds. The molecule has 0 spiro atoms. The summed E-state index contributed by atoms with van der Waals surface area (Å²) in [5.41, 5.74) is 0.917. The second-order valence-corrected chi connectivity index (χ2v) is 7.04. The molecular weight excluding hydrogens is 278 g/mol. The number of rotatable bonds is 6. The first-order chi connectivity index (χ1) is 10.5. The number of nitrogens with zero attached hydrogens (tertiary/aromatic N) is 2. The predicted molar refractivity (Wildman–Crippen MR) is 84.6 cm³/mol. The minimum atomic E-state index is -0.0899. The summed E-state index contributed by atoms with van der Waals surface area (Å²) in [6.07, 6.45) is 5.46. The Labute approximate surface area is 131 Å². The SMILES string of the molecule is CC(C)[C@H](Cn1nc(C2CC2)ccc1=O)NC(=O)C1CCC1. The number of hydrogen-bond donors (Lipinski definition) is 1. The van der Waals surface area contributed by atoms with Crippen molar-refractivity contribution in [2.24, 2.45) is 11.8 Å². The molecule has 1 N–H and O–H groups in total. The molecule has 5 nitrogen and oxygen atoms in total. The van der Waals surface area contributed by atoms with Gasteiger partial charge in [0.05, 0.1) is 18.3 Å². The summed E-state index contributed by atoms with van der Waals surface area (Å²) in [7, 11) is 0. The van der Waals surface area contributed by atoms with Crippen LogP contribution in [0.15, 0.2) is 16.9 Å². The maximum absolute atomic E-state index is 12.2. The van der Waals surface area contributed by atoms with Crippen molar-refractivity contribution in [3.05, 3.63) is 28.2 Å². The molecule has 1 aromatic rings. The quantitative estimate of drug-likeness (QED) is 0.875. The van der Waals surface area contributed by atoms with Crippen molar-refractivity contribution >= 4 is 5.91 Å². The first-order valence-electron chi connectivity index (χ1n) is 8.43. The van der Waals surface area contributed by atoms with E-state index < -0.39 is 0 Å². The van der Waals surface area contributed by atoms with Gasteiger partial charge in [-0.15, -0.1) is 0 Å². The van der Waals surface area contributed by atoms with Crippen LogP contribution >= 0.6 is 0 Å². The molecule has 2 aliphatic carbocycles. The Morgan fingerprint density at radius 2 is 2.05 bits per heavy atom. The fourth-order valence-corrected chi connectivity index (χ4v) is 2.77. The van der Waals surface area contributed by atoms with Crippen LogP contribution in [0.25, 0.3) is 0 Å². The van der Waals surface area contributed by atoms with Crippen molar-refractivity contribution in [3.63, 3.8) is 0 Å². The third kappa shape index (κ3) is 3.39. The summed E-state index contributed by atoms with van der Waals surface area (Å²) < 4.78 is 1.53. The van der Waals surface area contributed by atoms with Gasteiger partial charge in [0.2, 0.25) is 5.91 Å². The van der Waals surface area contributed by atoms with Crippen LogP contribution < -0.4 is 10.9 Å². The van der Waals surface area contributed by atoms with E-state index in [-0.39, 0.29) is 29.3 Å². The van der Waals surface area contributed by atoms with E-state index in [1.165, 1.54) is 4.68 Å². The monoisotopic (exact) mass is 303 g/mol. The first kappa shape index (κ1) is 15.3. The van der Waals surface area contributed by atoms with Crippen molar-refractivity contribution in [1.82, 2.24) is 15.1 Å². The minimum absolute atomic E-state index is 0.0484. The highest BCUT2D eigenvalue weighted by Gasteiger charge is 2.29. The largest absolute Gasteiger partial charge is 0.351 e. The van der Waals surface area contributed by atoms with Gasteiger partial charge in [-0.2, -0.15) is 5.10 Å². The van der Waals surface area contributed by atoms with Crippen LogP contribution in [0.5, 0.6) is 0 Å². The number of carbonyl (C=O) groups excluding carboxylic acids is 1. The summed E-state index contributed by atoms with van der Waals surface area (Å²) in [6.45, 7) is 4.60. The lowest BCUT2D eigenvalue weighted by molar-refractivity contribution is -0.128. The van der Waals surface area contributed by atoms with Crippen molar-refractivity contribution in [2.45, 2.75) is 64.5 Å². The molecule has 22 heavy (non-hydrogen) atoms. The normalized spacial score (nSPS) is 19.8. The Kier molecular flexibility index (Phi) is 4.32. The molecule has 5 heteroatoms. The van der Waals surface area contributed by atoms with Crippen LogP contribution in [0.1, 0.15) is 57.6 Å². The third-order valence-corrected chi connectivity index (χ3v) is 4.86. The average molecular weight is 303 g/mol. The second-order valence-electron chi connectivity index (χ2n) is 7.04. The van der Waals surface area contributed by atoms with E-state index in [1.807, 2.05) is 6.07 Å². The molecule has 0 saturated heterocycles. The summed E-state index contributed by atoms with van der Waals surface area (Å²) in [5.74, 6) is 1.09. The molecule has 0 aliphatic heterocycles. The van der Waals surface area contributed by atoms with E-state index in [0.717, 1.165) is 37.8 Å². The van der Waals surface area contributed by atoms with Crippen LogP contribution in [0.4, 0.5) is 0 Å². The van der Waals surface area contributed by atoms with Gasteiger partial charge in [-0.05, 0) is 37.7 Å². The molecular formula is C17H25N3O2. The highest BCUT2D eigenvalue weighted by molar-refractivity contribution is 5.79. The minimum Gasteiger partial charge on any atom is -0.351 e. The van der Waals surface area contributed by atoms with Crippen LogP contribution in [0.3, 0.4) is 0 Å². The fourth-order valence-electron chi connectivity index (χ4n) is 2.77. The van der Waals surface area contributed by atoms with Gasteiger partial charge in [0, 0.05) is 17.9 Å². The van der Waals surface area contributed by atoms with Gasteiger partial charge in [0.15, 0.2) is 0 Å². The maximum Gasteiger partial charge on any atom is 0.266 e. The summed E-state index contributed by atoms with van der Waals surface area (Å²) in [6, 6.07) is 3.40. The molecule has 2 fully saturated rings. The van der Waals surface area contributed by atoms with Crippen LogP contribution in [0.2, 0.25) is 0 Å². The van der Waals surface area contributed by atoms with Crippen molar-refractivity contribution in [2.75, 3.05) is 0 Å². The van der Waals surface area contributed by atoms with E-state index in [4.69, 9.17) is 0 Å². The van der Waals surface area contributed by atoms with E-state index in [2.05, 4.69) is 24.3 Å². The molecule has 120 valence electrons. The number of aromatic nitrogens is 2. The van der Waals surface area contributed by atoms with Crippen molar-refractivity contribution < 1.29 is 4.79 Å². The lowest BCUT2D eigenvalue weighted by Gasteiger charge is -2.29. The molecule has 1 aromatic heterocycles. The number of hydrogen-bond acceptors (Lipinski definition) is 3. The van der Waals surface area contributed by atoms with E-state index in [9.17, 15) is 9.59 Å². The molecule has 0 aromatic carbocycles. The van der Waals surface area contributed by atoms with Gasteiger partial charge >= 0.3 is 0 Å². The zero-order valence-electron chi connectivity index (χ0n) is 13.4. The van der Waals surface area contributed by atoms with Crippen molar-refractivity contribution in [3.8, 4) is 0 Å². The van der Waals surface area contributed by atoms with Gasteiger partial charge < -0.3 is 5.32 Å². The molecule has 3 rings (SSSR count). The van der Waals surface area contributed by atoms with Crippen LogP contribution in [-0.4, -0.2) is 21.7 Å². The summed E-state index contributed by atoms with van der Waals surface area (Å²) in [4.78, 5) is 24.2. The molecule has 0 bridgehead atoms. The van der Waals surface area contributed by atoms with Crippen LogP contribution in [0, 0.1) is 11.8 Å². The van der Waals surface area contributed by atoms with Crippen molar-refractivity contribution in [1.29, 1.82) is 0 Å². The average Bonchev–Trinajstić information content (AvgIpc) is 3.22. The van der Waals surface area contributed by atoms with Gasteiger partial charge in [0.25, 0.3) is 5.56 Å². The number of nitrogens with one attached hydrogen (secondary N) is 1. The molecule has 2 saturated carbocycles. The Balaban J connectivity index is 1.71. The lowest BCUT2D eigenvalue weighted by atomic mass is 9.84. The molecule has 2 aliphatic rings. The summed E-state index contributed by atoms with van der Waals surface area (Å²) >= 11 is 0. The van der Waals surface area contributed by atoms with Crippen LogP contribution in [-0.2, 0) is 11.3 Å². The van der Waals surface area contributed by atoms with E-state index >= 15 is 0 Å². The molecule has 0 radical (unpaired) electrons. The lowest BCUT2D eigenvalue weighted by Crippen LogP contribution is -2.47. The Morgan fingerprint density at radius 1 is 1.32 bits per heavy atom. The Morgan fingerprint density at radius 3 is 2.59 bits per heavy atom. The predicted octanol–water partition coefficient (Wildman–Crippen LogP) is 2.06. The van der Waals surface area contributed by atoms with Gasteiger partial charge in [-0.3, -0.25) is 9.59 Å². The zero-order chi connectivity index (χ0) is 15.7. The fraction of sp³-hybridized carbons (Fsp3) is 0.706.